The van der Waals surface area contributed by atoms with Gasteiger partial charge in [0.25, 0.3) is 0 Å². The summed E-state index contributed by atoms with van der Waals surface area (Å²) in [5.74, 6) is 0.761. The van der Waals surface area contributed by atoms with Crippen molar-refractivity contribution in [1.29, 1.82) is 0 Å². The van der Waals surface area contributed by atoms with Crippen molar-refractivity contribution in [2.75, 3.05) is 37.7 Å². The lowest BCUT2D eigenvalue weighted by atomic mass is 10.0. The number of rotatable bonds is 8. The lowest BCUT2D eigenvalue weighted by Crippen LogP contribution is -2.44. The van der Waals surface area contributed by atoms with Crippen LogP contribution in [0.3, 0.4) is 0 Å². The van der Waals surface area contributed by atoms with Gasteiger partial charge in [-0.05, 0) is 44.1 Å². The number of halogens is 3. The van der Waals surface area contributed by atoms with Gasteiger partial charge < -0.3 is 10.6 Å². The second-order valence-corrected chi connectivity index (χ2v) is 9.55. The minimum Gasteiger partial charge on any atom is -0.357 e. The van der Waals surface area contributed by atoms with E-state index >= 15 is 0 Å². The molecule has 1 aliphatic rings. The lowest BCUT2D eigenvalue weighted by molar-refractivity contribution is -0.137. The highest BCUT2D eigenvalue weighted by molar-refractivity contribution is 7.91. The summed E-state index contributed by atoms with van der Waals surface area (Å²) >= 11 is 0. The zero-order chi connectivity index (χ0) is 22.4. The molecular formula is C20H31F3N4O2S. The molecule has 1 aromatic rings. The third-order valence-electron chi connectivity index (χ3n) is 5.22. The highest BCUT2D eigenvalue weighted by atomic mass is 32.2. The summed E-state index contributed by atoms with van der Waals surface area (Å²) in [4.78, 5) is 6.76. The normalized spacial score (nSPS) is 20.4. The summed E-state index contributed by atoms with van der Waals surface area (Å²) in [5.41, 5.74) is 0.0836. The van der Waals surface area contributed by atoms with Crippen LogP contribution in [-0.2, 0) is 16.0 Å². The standard InChI is InChI=1S/C20H31F3N4O2S/c1-4-24-19(26-17-11-12-30(28,29)14-17)25-13-18(27(5-2)6-3)15-7-9-16(10-8-15)20(21,22)23/h7-10,17-18H,4-6,11-14H2,1-3H3,(H2,24,25,26). The van der Waals surface area contributed by atoms with E-state index in [2.05, 4.69) is 20.5 Å². The molecule has 30 heavy (non-hydrogen) atoms. The van der Waals surface area contributed by atoms with Crippen molar-refractivity contribution in [3.63, 3.8) is 0 Å². The van der Waals surface area contributed by atoms with Crippen molar-refractivity contribution in [3.05, 3.63) is 35.4 Å². The van der Waals surface area contributed by atoms with E-state index in [1.54, 1.807) is 0 Å². The third-order valence-corrected chi connectivity index (χ3v) is 6.98. The number of guanidine groups is 1. The highest BCUT2D eigenvalue weighted by Gasteiger charge is 2.31. The molecule has 0 bridgehead atoms. The molecule has 2 unspecified atom stereocenters. The summed E-state index contributed by atoms with van der Waals surface area (Å²) in [7, 11) is -3.01. The largest absolute Gasteiger partial charge is 0.416 e. The van der Waals surface area contributed by atoms with E-state index < -0.39 is 21.6 Å². The molecule has 10 heteroatoms. The van der Waals surface area contributed by atoms with E-state index in [4.69, 9.17) is 0 Å². The molecule has 1 aliphatic heterocycles. The smallest absolute Gasteiger partial charge is 0.357 e. The Balaban J connectivity index is 2.21. The van der Waals surface area contributed by atoms with Gasteiger partial charge in [-0.1, -0.05) is 26.0 Å². The van der Waals surface area contributed by atoms with Crippen molar-refractivity contribution in [2.45, 2.75) is 45.5 Å². The van der Waals surface area contributed by atoms with Crippen LogP contribution in [-0.4, -0.2) is 63.0 Å². The maximum atomic E-state index is 12.9. The van der Waals surface area contributed by atoms with Gasteiger partial charge in [0, 0.05) is 12.6 Å². The van der Waals surface area contributed by atoms with E-state index in [9.17, 15) is 21.6 Å². The van der Waals surface area contributed by atoms with Gasteiger partial charge >= 0.3 is 6.18 Å². The third kappa shape index (κ3) is 6.87. The molecule has 0 saturated carbocycles. The van der Waals surface area contributed by atoms with Gasteiger partial charge in [0.15, 0.2) is 15.8 Å². The van der Waals surface area contributed by atoms with Crippen LogP contribution in [0.5, 0.6) is 0 Å². The molecular weight excluding hydrogens is 417 g/mol. The van der Waals surface area contributed by atoms with Crippen LogP contribution < -0.4 is 10.6 Å². The number of hydrogen-bond acceptors (Lipinski definition) is 4. The highest BCUT2D eigenvalue weighted by Crippen LogP contribution is 2.31. The molecule has 2 atom stereocenters. The fraction of sp³-hybridized carbons (Fsp3) is 0.650. The Kier molecular flexibility index (Phi) is 8.54. The first-order valence-electron chi connectivity index (χ1n) is 10.3. The molecule has 170 valence electrons. The maximum absolute atomic E-state index is 12.9. The van der Waals surface area contributed by atoms with Crippen molar-refractivity contribution in [1.82, 2.24) is 15.5 Å². The van der Waals surface area contributed by atoms with E-state index in [1.165, 1.54) is 12.1 Å². The summed E-state index contributed by atoms with van der Waals surface area (Å²) < 4.78 is 62.1. The van der Waals surface area contributed by atoms with Crippen LogP contribution in [0.2, 0.25) is 0 Å². The molecule has 6 nitrogen and oxygen atoms in total. The minimum absolute atomic E-state index is 0.0792. The second kappa shape index (κ2) is 10.5. The van der Waals surface area contributed by atoms with Crippen LogP contribution in [0.25, 0.3) is 0 Å². The molecule has 0 amide bonds. The van der Waals surface area contributed by atoms with Crippen molar-refractivity contribution in [2.24, 2.45) is 4.99 Å². The average molecular weight is 449 g/mol. The molecule has 1 fully saturated rings. The predicted octanol–water partition coefficient (Wildman–Crippen LogP) is 2.83. The van der Waals surface area contributed by atoms with Crippen LogP contribution in [0.4, 0.5) is 13.2 Å². The number of likely N-dealkylation sites (N-methyl/N-ethyl adjacent to an activating group) is 1. The summed E-state index contributed by atoms with van der Waals surface area (Å²) in [6.07, 6.45) is -3.84. The number of aliphatic imine (C=N–C) groups is 1. The molecule has 2 rings (SSSR count). The number of nitrogens with zero attached hydrogens (tertiary/aromatic N) is 2. The Morgan fingerprint density at radius 2 is 1.83 bits per heavy atom. The quantitative estimate of drug-likeness (QED) is 0.473. The minimum atomic E-state index is -4.37. The number of sulfone groups is 1. The van der Waals surface area contributed by atoms with E-state index in [1.807, 2.05) is 20.8 Å². The second-order valence-electron chi connectivity index (χ2n) is 7.32. The Bertz CT molecular complexity index is 806. The van der Waals surface area contributed by atoms with Crippen LogP contribution in [0, 0.1) is 0 Å². The number of nitrogens with one attached hydrogen (secondary N) is 2. The van der Waals surface area contributed by atoms with Crippen molar-refractivity contribution < 1.29 is 21.6 Å². The van der Waals surface area contributed by atoms with E-state index in [0.29, 0.717) is 25.5 Å². The molecule has 0 aromatic heterocycles. The van der Waals surface area contributed by atoms with Crippen molar-refractivity contribution >= 4 is 15.8 Å². The monoisotopic (exact) mass is 448 g/mol. The Labute approximate surface area is 176 Å². The Hall–Kier alpha value is -1.81. The first-order valence-corrected chi connectivity index (χ1v) is 12.1. The maximum Gasteiger partial charge on any atom is 0.416 e. The molecule has 1 saturated heterocycles. The molecule has 0 aliphatic carbocycles. The van der Waals surface area contributed by atoms with Gasteiger partial charge in [0.1, 0.15) is 0 Å². The van der Waals surface area contributed by atoms with Crippen molar-refractivity contribution in [3.8, 4) is 0 Å². The van der Waals surface area contributed by atoms with Crippen LogP contribution >= 0.6 is 0 Å². The number of hydrogen-bond donors (Lipinski definition) is 2. The summed E-state index contributed by atoms with van der Waals surface area (Å²) in [6.45, 7) is 8.31. The fourth-order valence-corrected chi connectivity index (χ4v) is 5.26. The first-order chi connectivity index (χ1) is 14.1. The molecule has 1 aromatic carbocycles. The lowest BCUT2D eigenvalue weighted by Gasteiger charge is -2.29. The molecule has 0 spiro atoms. The predicted molar refractivity (Wildman–Crippen MR) is 113 cm³/mol. The van der Waals surface area contributed by atoms with Gasteiger partial charge in [-0.25, -0.2) is 8.42 Å². The van der Waals surface area contributed by atoms with E-state index in [0.717, 1.165) is 30.8 Å². The molecule has 0 radical (unpaired) electrons. The Morgan fingerprint density at radius 3 is 2.30 bits per heavy atom. The van der Waals surface area contributed by atoms with Gasteiger partial charge in [0.05, 0.1) is 29.7 Å². The zero-order valence-electron chi connectivity index (χ0n) is 17.7. The first kappa shape index (κ1) is 24.5. The van der Waals surface area contributed by atoms with Gasteiger partial charge in [-0.3, -0.25) is 9.89 Å². The summed E-state index contributed by atoms with van der Waals surface area (Å²) in [5, 5.41) is 6.30. The topological polar surface area (TPSA) is 73.8 Å². The van der Waals surface area contributed by atoms with E-state index in [-0.39, 0.29) is 23.6 Å². The summed E-state index contributed by atoms with van der Waals surface area (Å²) in [6, 6.07) is 4.83. The zero-order valence-corrected chi connectivity index (χ0v) is 18.5. The molecule has 1 heterocycles. The Morgan fingerprint density at radius 1 is 1.20 bits per heavy atom. The number of alkyl halides is 3. The van der Waals surface area contributed by atoms with Crippen LogP contribution in [0.15, 0.2) is 29.3 Å². The fourth-order valence-electron chi connectivity index (χ4n) is 3.59. The molecule has 2 N–H and O–H groups in total. The van der Waals surface area contributed by atoms with Gasteiger partial charge in [0.2, 0.25) is 0 Å². The van der Waals surface area contributed by atoms with Crippen LogP contribution in [0.1, 0.15) is 44.4 Å². The average Bonchev–Trinajstić information content (AvgIpc) is 3.03. The number of benzene rings is 1. The van der Waals surface area contributed by atoms with Gasteiger partial charge in [-0.15, -0.1) is 0 Å². The SMILES string of the molecule is CCNC(=NCC(c1ccc(C(F)(F)F)cc1)N(CC)CC)NC1CCS(=O)(=O)C1. The van der Waals surface area contributed by atoms with Gasteiger partial charge in [-0.2, -0.15) is 13.2 Å².